The fraction of sp³-hybridized carbons (Fsp3) is 0.857. The number of hydrogen-bond acceptors (Lipinski definition) is 2. The summed E-state index contributed by atoms with van der Waals surface area (Å²) in [4.78, 5) is 10.5. The molecular weight excluding hydrogens is 148 g/mol. The molecule has 0 aromatic rings. The number of carboxylic acid groups (broad SMARTS) is 1. The van der Waals surface area contributed by atoms with Crippen LogP contribution in [0.2, 0.25) is 0 Å². The fourth-order valence-electron chi connectivity index (χ4n) is 0.882. The standard InChI is InChI=1S/C7H14O2S/c1-5(2)4-7(3,10)6(8)9/h5,10H,4H2,1-3H3,(H,8,9). The minimum Gasteiger partial charge on any atom is -0.480 e. The average Bonchev–Trinajstić information content (AvgIpc) is 1.60. The van der Waals surface area contributed by atoms with E-state index < -0.39 is 10.7 Å². The van der Waals surface area contributed by atoms with Crippen LogP contribution in [0.1, 0.15) is 27.2 Å². The van der Waals surface area contributed by atoms with Crippen LogP contribution in [0, 0.1) is 5.92 Å². The number of carbonyl (C=O) groups is 1. The molecule has 0 aliphatic carbocycles. The zero-order chi connectivity index (χ0) is 8.36. The second-order valence-corrected chi connectivity index (χ2v) is 4.16. The molecule has 0 aliphatic heterocycles. The second-order valence-electron chi connectivity index (χ2n) is 3.18. The van der Waals surface area contributed by atoms with Crippen molar-refractivity contribution in [2.24, 2.45) is 5.92 Å². The van der Waals surface area contributed by atoms with Crippen LogP contribution in [0.15, 0.2) is 0 Å². The van der Waals surface area contributed by atoms with Gasteiger partial charge in [-0.3, -0.25) is 4.79 Å². The van der Waals surface area contributed by atoms with E-state index in [1.165, 1.54) is 0 Å². The third-order valence-electron chi connectivity index (χ3n) is 1.27. The molecule has 0 saturated heterocycles. The van der Waals surface area contributed by atoms with E-state index in [1.54, 1.807) is 6.92 Å². The number of thiol groups is 1. The first-order valence-electron chi connectivity index (χ1n) is 3.32. The molecule has 0 rings (SSSR count). The highest BCUT2D eigenvalue weighted by atomic mass is 32.1. The zero-order valence-corrected chi connectivity index (χ0v) is 7.48. The summed E-state index contributed by atoms with van der Waals surface area (Å²) in [5, 5.41) is 8.61. The van der Waals surface area contributed by atoms with Crippen molar-refractivity contribution in [1.29, 1.82) is 0 Å². The van der Waals surface area contributed by atoms with E-state index in [2.05, 4.69) is 12.6 Å². The van der Waals surface area contributed by atoms with Gasteiger partial charge in [-0.2, -0.15) is 12.6 Å². The van der Waals surface area contributed by atoms with Crippen molar-refractivity contribution in [2.45, 2.75) is 31.9 Å². The van der Waals surface area contributed by atoms with Gasteiger partial charge in [-0.25, -0.2) is 0 Å². The Morgan fingerprint density at radius 1 is 1.70 bits per heavy atom. The molecule has 0 heterocycles. The normalized spacial score (nSPS) is 16.9. The molecule has 0 amide bonds. The lowest BCUT2D eigenvalue weighted by atomic mass is 9.98. The van der Waals surface area contributed by atoms with Crippen molar-refractivity contribution in [3.63, 3.8) is 0 Å². The van der Waals surface area contributed by atoms with Crippen molar-refractivity contribution in [2.75, 3.05) is 0 Å². The summed E-state index contributed by atoms with van der Waals surface area (Å²) in [6.45, 7) is 5.59. The summed E-state index contributed by atoms with van der Waals surface area (Å²) in [7, 11) is 0. The van der Waals surface area contributed by atoms with Crippen LogP contribution in [0.3, 0.4) is 0 Å². The Bertz CT molecular complexity index is 130. The van der Waals surface area contributed by atoms with E-state index in [4.69, 9.17) is 5.11 Å². The minimum atomic E-state index is -0.867. The first-order chi connectivity index (χ1) is 4.36. The molecule has 10 heavy (non-hydrogen) atoms. The molecule has 3 heteroatoms. The van der Waals surface area contributed by atoms with Crippen LogP contribution >= 0.6 is 12.6 Å². The van der Waals surface area contributed by atoms with E-state index in [9.17, 15) is 4.79 Å². The van der Waals surface area contributed by atoms with Gasteiger partial charge >= 0.3 is 5.97 Å². The highest BCUT2D eigenvalue weighted by Gasteiger charge is 2.28. The molecule has 0 fully saturated rings. The first-order valence-corrected chi connectivity index (χ1v) is 3.77. The number of carboxylic acids is 1. The van der Waals surface area contributed by atoms with Gasteiger partial charge in [0.05, 0.1) is 0 Å². The van der Waals surface area contributed by atoms with Gasteiger partial charge in [0, 0.05) is 0 Å². The molecule has 1 atom stereocenters. The Kier molecular flexibility index (Phi) is 3.22. The number of aliphatic carboxylic acids is 1. The van der Waals surface area contributed by atoms with Crippen molar-refractivity contribution < 1.29 is 9.90 Å². The fourth-order valence-corrected chi connectivity index (χ4v) is 1.25. The lowest BCUT2D eigenvalue weighted by molar-refractivity contribution is -0.139. The van der Waals surface area contributed by atoms with E-state index >= 15 is 0 Å². The molecule has 0 aromatic carbocycles. The first kappa shape index (κ1) is 9.82. The Labute approximate surface area is 67.0 Å². The van der Waals surface area contributed by atoms with E-state index in [1.807, 2.05) is 13.8 Å². The van der Waals surface area contributed by atoms with Gasteiger partial charge in [0.25, 0.3) is 0 Å². The molecule has 0 radical (unpaired) electrons. The molecule has 0 aliphatic rings. The maximum Gasteiger partial charge on any atom is 0.319 e. The van der Waals surface area contributed by atoms with Crippen molar-refractivity contribution in [1.82, 2.24) is 0 Å². The van der Waals surface area contributed by atoms with Crippen molar-refractivity contribution in [3.05, 3.63) is 0 Å². The molecule has 1 unspecified atom stereocenters. The summed E-state index contributed by atoms with van der Waals surface area (Å²) < 4.78 is -0.867. The molecule has 0 bridgehead atoms. The lowest BCUT2D eigenvalue weighted by Crippen LogP contribution is -2.30. The highest BCUT2D eigenvalue weighted by molar-refractivity contribution is 7.82. The van der Waals surface area contributed by atoms with E-state index in [0.29, 0.717) is 12.3 Å². The van der Waals surface area contributed by atoms with Gasteiger partial charge in [0.2, 0.25) is 0 Å². The Morgan fingerprint density at radius 3 is 2.20 bits per heavy atom. The molecular formula is C7H14O2S. The van der Waals surface area contributed by atoms with Gasteiger partial charge in [-0.1, -0.05) is 13.8 Å². The molecule has 0 saturated carbocycles. The van der Waals surface area contributed by atoms with Gasteiger partial charge in [0.15, 0.2) is 0 Å². The van der Waals surface area contributed by atoms with E-state index in [-0.39, 0.29) is 0 Å². The van der Waals surface area contributed by atoms with E-state index in [0.717, 1.165) is 0 Å². The molecule has 60 valence electrons. The molecule has 2 nitrogen and oxygen atoms in total. The monoisotopic (exact) mass is 162 g/mol. The quantitative estimate of drug-likeness (QED) is 0.621. The highest BCUT2D eigenvalue weighted by Crippen LogP contribution is 2.23. The predicted octanol–water partition coefficient (Wildman–Crippen LogP) is 1.81. The summed E-state index contributed by atoms with van der Waals surface area (Å²) >= 11 is 4.02. The van der Waals surface area contributed by atoms with Gasteiger partial charge in [-0.15, -0.1) is 0 Å². The Balaban J connectivity index is 4.00. The van der Waals surface area contributed by atoms with Crippen LogP contribution in [-0.2, 0) is 4.79 Å². The smallest absolute Gasteiger partial charge is 0.319 e. The lowest BCUT2D eigenvalue weighted by Gasteiger charge is -2.19. The number of hydrogen-bond donors (Lipinski definition) is 2. The maximum absolute atomic E-state index is 10.5. The third-order valence-corrected chi connectivity index (χ3v) is 1.64. The van der Waals surface area contributed by atoms with Crippen LogP contribution in [-0.4, -0.2) is 15.8 Å². The largest absolute Gasteiger partial charge is 0.480 e. The summed E-state index contributed by atoms with van der Waals surface area (Å²) in [6.07, 6.45) is 0.603. The summed E-state index contributed by atoms with van der Waals surface area (Å²) in [5.41, 5.74) is 0. The van der Waals surface area contributed by atoms with Gasteiger partial charge in [0.1, 0.15) is 4.75 Å². The zero-order valence-electron chi connectivity index (χ0n) is 6.59. The summed E-state index contributed by atoms with van der Waals surface area (Å²) in [6, 6.07) is 0. The molecule has 0 aromatic heterocycles. The minimum absolute atomic E-state index is 0.374. The predicted molar refractivity (Wildman–Crippen MR) is 44.5 cm³/mol. The van der Waals surface area contributed by atoms with Crippen molar-refractivity contribution >= 4 is 18.6 Å². The van der Waals surface area contributed by atoms with Crippen LogP contribution in [0.5, 0.6) is 0 Å². The third kappa shape index (κ3) is 3.11. The second kappa shape index (κ2) is 3.28. The average molecular weight is 162 g/mol. The van der Waals surface area contributed by atoms with Crippen LogP contribution in [0.4, 0.5) is 0 Å². The van der Waals surface area contributed by atoms with Crippen LogP contribution in [0.25, 0.3) is 0 Å². The SMILES string of the molecule is CC(C)CC(C)(S)C(=O)O. The Hall–Kier alpha value is -0.180. The Morgan fingerprint density at radius 2 is 2.10 bits per heavy atom. The summed E-state index contributed by atoms with van der Waals surface area (Å²) in [5.74, 6) is -0.469. The molecule has 1 N–H and O–H groups in total. The van der Waals surface area contributed by atoms with Gasteiger partial charge < -0.3 is 5.11 Å². The van der Waals surface area contributed by atoms with Crippen LogP contribution < -0.4 is 0 Å². The number of rotatable bonds is 3. The van der Waals surface area contributed by atoms with Crippen molar-refractivity contribution in [3.8, 4) is 0 Å². The van der Waals surface area contributed by atoms with Gasteiger partial charge in [-0.05, 0) is 19.3 Å². The molecule has 0 spiro atoms. The maximum atomic E-state index is 10.5. The topological polar surface area (TPSA) is 37.3 Å².